The summed E-state index contributed by atoms with van der Waals surface area (Å²) in [5, 5.41) is 6.90. The van der Waals surface area contributed by atoms with E-state index in [-0.39, 0.29) is 0 Å². The van der Waals surface area contributed by atoms with E-state index in [0.717, 1.165) is 32.1 Å². The molecule has 4 nitrogen and oxygen atoms in total. The highest BCUT2D eigenvalue weighted by molar-refractivity contribution is 5.79. The molecule has 1 aliphatic rings. The number of anilines is 1. The van der Waals surface area contributed by atoms with E-state index < -0.39 is 0 Å². The third kappa shape index (κ3) is 5.01. The van der Waals surface area contributed by atoms with E-state index >= 15 is 0 Å². The fourth-order valence-electron chi connectivity index (χ4n) is 3.41. The van der Waals surface area contributed by atoms with Crippen molar-refractivity contribution in [3.63, 3.8) is 0 Å². The van der Waals surface area contributed by atoms with Crippen LogP contribution in [0.1, 0.15) is 24.5 Å². The highest BCUT2D eigenvalue weighted by atomic mass is 15.2. The Morgan fingerprint density at radius 2 is 1.85 bits per heavy atom. The minimum absolute atomic E-state index is 0.650. The van der Waals surface area contributed by atoms with Crippen LogP contribution in [0.25, 0.3) is 0 Å². The molecular weight excluding hydrogens is 320 g/mol. The molecule has 2 aromatic rings. The SMILES string of the molecule is CCNC(=NCc1ccccc1C)NCC1CCN(c2ccccc2)C1. The Morgan fingerprint density at radius 1 is 1.08 bits per heavy atom. The number of guanidine groups is 1. The highest BCUT2D eigenvalue weighted by Gasteiger charge is 2.22. The Bertz CT molecular complexity index is 711. The molecule has 2 N–H and O–H groups in total. The predicted molar refractivity (Wildman–Crippen MR) is 111 cm³/mol. The van der Waals surface area contributed by atoms with Crippen molar-refractivity contribution in [1.29, 1.82) is 0 Å². The molecule has 1 fully saturated rings. The number of nitrogens with one attached hydrogen (secondary N) is 2. The van der Waals surface area contributed by atoms with Crippen LogP contribution in [0.5, 0.6) is 0 Å². The number of aryl methyl sites for hydroxylation is 1. The van der Waals surface area contributed by atoms with Gasteiger partial charge < -0.3 is 15.5 Å². The molecular formula is C22H30N4. The van der Waals surface area contributed by atoms with Gasteiger partial charge in [0.05, 0.1) is 6.54 Å². The smallest absolute Gasteiger partial charge is 0.191 e. The van der Waals surface area contributed by atoms with Gasteiger partial charge in [-0.2, -0.15) is 0 Å². The molecule has 2 aromatic carbocycles. The summed E-state index contributed by atoms with van der Waals surface area (Å²) < 4.78 is 0. The fraction of sp³-hybridized carbons (Fsp3) is 0.409. The first-order valence-corrected chi connectivity index (χ1v) is 9.63. The summed E-state index contributed by atoms with van der Waals surface area (Å²) in [6, 6.07) is 19.1. The molecule has 0 bridgehead atoms. The van der Waals surface area contributed by atoms with Gasteiger partial charge in [-0.25, -0.2) is 4.99 Å². The quantitative estimate of drug-likeness (QED) is 0.618. The van der Waals surface area contributed by atoms with Crippen molar-refractivity contribution >= 4 is 11.6 Å². The van der Waals surface area contributed by atoms with Crippen LogP contribution in [0.15, 0.2) is 59.6 Å². The molecule has 0 radical (unpaired) electrons. The van der Waals surface area contributed by atoms with Crippen LogP contribution in [-0.2, 0) is 6.54 Å². The van der Waals surface area contributed by atoms with Crippen molar-refractivity contribution in [3.05, 3.63) is 65.7 Å². The summed E-state index contributed by atoms with van der Waals surface area (Å²) in [5.41, 5.74) is 3.90. The molecule has 26 heavy (non-hydrogen) atoms. The van der Waals surface area contributed by atoms with Gasteiger partial charge in [0.15, 0.2) is 5.96 Å². The maximum absolute atomic E-state index is 4.76. The molecule has 0 aliphatic carbocycles. The van der Waals surface area contributed by atoms with E-state index in [1.54, 1.807) is 0 Å². The van der Waals surface area contributed by atoms with Crippen molar-refractivity contribution < 1.29 is 0 Å². The van der Waals surface area contributed by atoms with Gasteiger partial charge in [0.25, 0.3) is 0 Å². The van der Waals surface area contributed by atoms with E-state index in [9.17, 15) is 0 Å². The van der Waals surface area contributed by atoms with Crippen LogP contribution >= 0.6 is 0 Å². The molecule has 138 valence electrons. The van der Waals surface area contributed by atoms with Crippen molar-refractivity contribution in [3.8, 4) is 0 Å². The second kappa shape index (κ2) is 9.27. The van der Waals surface area contributed by atoms with E-state index in [2.05, 4.69) is 84.0 Å². The number of hydrogen-bond acceptors (Lipinski definition) is 2. The lowest BCUT2D eigenvalue weighted by molar-refractivity contribution is 0.566. The Hall–Kier alpha value is -2.49. The maximum atomic E-state index is 4.76. The highest BCUT2D eigenvalue weighted by Crippen LogP contribution is 2.22. The summed E-state index contributed by atoms with van der Waals surface area (Å²) in [7, 11) is 0. The van der Waals surface area contributed by atoms with E-state index in [0.29, 0.717) is 12.5 Å². The van der Waals surface area contributed by atoms with Gasteiger partial charge in [0.1, 0.15) is 0 Å². The van der Waals surface area contributed by atoms with Crippen LogP contribution < -0.4 is 15.5 Å². The lowest BCUT2D eigenvalue weighted by Crippen LogP contribution is -2.40. The fourth-order valence-corrected chi connectivity index (χ4v) is 3.41. The van der Waals surface area contributed by atoms with Crippen molar-refractivity contribution in [2.24, 2.45) is 10.9 Å². The van der Waals surface area contributed by atoms with Gasteiger partial charge in [0.2, 0.25) is 0 Å². The maximum Gasteiger partial charge on any atom is 0.191 e. The van der Waals surface area contributed by atoms with Gasteiger partial charge >= 0.3 is 0 Å². The molecule has 3 rings (SSSR count). The Balaban J connectivity index is 1.52. The van der Waals surface area contributed by atoms with Gasteiger partial charge in [-0.15, -0.1) is 0 Å². The topological polar surface area (TPSA) is 39.7 Å². The van der Waals surface area contributed by atoms with E-state index in [1.165, 1.54) is 23.2 Å². The lowest BCUT2D eigenvalue weighted by Gasteiger charge is -2.19. The average molecular weight is 351 g/mol. The molecule has 1 atom stereocenters. The molecule has 1 saturated heterocycles. The Morgan fingerprint density at radius 3 is 2.62 bits per heavy atom. The monoisotopic (exact) mass is 350 g/mol. The molecule has 0 amide bonds. The lowest BCUT2D eigenvalue weighted by atomic mass is 10.1. The number of rotatable bonds is 6. The molecule has 1 unspecified atom stereocenters. The van der Waals surface area contributed by atoms with Gasteiger partial charge in [-0.05, 0) is 49.4 Å². The van der Waals surface area contributed by atoms with E-state index in [1.807, 2.05) is 0 Å². The summed E-state index contributed by atoms with van der Waals surface area (Å²) >= 11 is 0. The normalized spacial score (nSPS) is 17.4. The largest absolute Gasteiger partial charge is 0.371 e. The molecule has 1 aliphatic heterocycles. The molecule has 0 aromatic heterocycles. The zero-order chi connectivity index (χ0) is 18.2. The van der Waals surface area contributed by atoms with Gasteiger partial charge in [0, 0.05) is 31.9 Å². The number of hydrogen-bond donors (Lipinski definition) is 2. The standard InChI is InChI=1S/C22H30N4/c1-3-23-22(25-16-20-10-8-7-9-18(20)2)24-15-19-13-14-26(17-19)21-11-5-4-6-12-21/h4-12,19H,3,13-17H2,1-2H3,(H2,23,24,25). The van der Waals surface area contributed by atoms with Gasteiger partial charge in [-0.3, -0.25) is 0 Å². The van der Waals surface area contributed by atoms with Crippen molar-refractivity contribution in [2.45, 2.75) is 26.8 Å². The second-order valence-electron chi connectivity index (χ2n) is 6.94. The van der Waals surface area contributed by atoms with Crippen LogP contribution in [-0.4, -0.2) is 32.1 Å². The second-order valence-corrected chi connectivity index (χ2v) is 6.94. The van der Waals surface area contributed by atoms with E-state index in [4.69, 9.17) is 4.99 Å². The van der Waals surface area contributed by atoms with Gasteiger partial charge in [-0.1, -0.05) is 42.5 Å². The van der Waals surface area contributed by atoms with Crippen molar-refractivity contribution in [1.82, 2.24) is 10.6 Å². The van der Waals surface area contributed by atoms with Crippen molar-refractivity contribution in [2.75, 3.05) is 31.1 Å². The first-order valence-electron chi connectivity index (χ1n) is 9.63. The third-order valence-electron chi connectivity index (χ3n) is 4.98. The van der Waals surface area contributed by atoms with Crippen LogP contribution in [0.4, 0.5) is 5.69 Å². The summed E-state index contributed by atoms with van der Waals surface area (Å²) in [4.78, 5) is 7.24. The number of nitrogens with zero attached hydrogens (tertiary/aromatic N) is 2. The minimum Gasteiger partial charge on any atom is -0.371 e. The van der Waals surface area contributed by atoms with Crippen LogP contribution in [0.2, 0.25) is 0 Å². The Labute approximate surface area is 157 Å². The summed E-state index contributed by atoms with van der Waals surface area (Å²) in [6.45, 7) is 9.03. The predicted octanol–water partition coefficient (Wildman–Crippen LogP) is 3.58. The number of aliphatic imine (C=N–C) groups is 1. The van der Waals surface area contributed by atoms with Crippen LogP contribution in [0, 0.1) is 12.8 Å². The molecule has 4 heteroatoms. The number of benzene rings is 2. The first-order chi connectivity index (χ1) is 12.8. The Kier molecular flexibility index (Phi) is 6.53. The zero-order valence-electron chi connectivity index (χ0n) is 15.9. The van der Waals surface area contributed by atoms with Crippen LogP contribution in [0.3, 0.4) is 0 Å². The first kappa shape index (κ1) is 18.3. The summed E-state index contributed by atoms with van der Waals surface area (Å²) in [6.07, 6.45) is 1.22. The zero-order valence-corrected chi connectivity index (χ0v) is 15.9. The summed E-state index contributed by atoms with van der Waals surface area (Å²) in [5.74, 6) is 1.56. The molecule has 0 spiro atoms. The average Bonchev–Trinajstić information content (AvgIpc) is 3.15. The third-order valence-corrected chi connectivity index (χ3v) is 4.98. The minimum atomic E-state index is 0.650. The number of para-hydroxylation sites is 1. The molecule has 1 heterocycles. The molecule has 0 saturated carbocycles.